The summed E-state index contributed by atoms with van der Waals surface area (Å²) < 4.78 is 0. The predicted molar refractivity (Wildman–Crippen MR) is 62.2 cm³/mol. The molecule has 0 aliphatic rings. The molecule has 0 spiro atoms. The summed E-state index contributed by atoms with van der Waals surface area (Å²) in [5, 5.41) is 2.95. The van der Waals surface area contributed by atoms with Crippen molar-refractivity contribution in [2.24, 2.45) is 0 Å². The van der Waals surface area contributed by atoms with Crippen LogP contribution < -0.4 is 10.9 Å². The smallest absolute Gasteiger partial charge is 0.251 e. The number of carbonyl (C=O) groups is 1. The third-order valence-corrected chi connectivity index (χ3v) is 2.45. The second-order valence-corrected chi connectivity index (χ2v) is 3.93. The second kappa shape index (κ2) is 5.98. The van der Waals surface area contributed by atoms with E-state index in [1.54, 1.807) is 6.92 Å². The SMILES string of the molecule is C#CCNC(=O)CSc1nc(C)cc(=O)[nH]1. The van der Waals surface area contributed by atoms with E-state index < -0.39 is 0 Å². The number of aryl methyl sites for hydroxylation is 1. The molecule has 0 aliphatic heterocycles. The first-order valence-electron chi connectivity index (χ1n) is 4.52. The number of aromatic nitrogens is 2. The zero-order valence-electron chi connectivity index (χ0n) is 8.74. The molecule has 1 heterocycles. The molecule has 1 rings (SSSR count). The molecule has 2 N–H and O–H groups in total. The van der Waals surface area contributed by atoms with Gasteiger partial charge in [0.05, 0.1) is 12.3 Å². The van der Waals surface area contributed by atoms with Crippen molar-refractivity contribution in [1.29, 1.82) is 0 Å². The van der Waals surface area contributed by atoms with E-state index in [2.05, 4.69) is 21.2 Å². The highest BCUT2D eigenvalue weighted by Gasteiger charge is 2.03. The first-order chi connectivity index (χ1) is 7.61. The minimum absolute atomic E-state index is 0.175. The lowest BCUT2D eigenvalue weighted by atomic mass is 10.5. The Morgan fingerprint density at radius 2 is 2.50 bits per heavy atom. The average Bonchev–Trinajstić information content (AvgIpc) is 2.22. The lowest BCUT2D eigenvalue weighted by Crippen LogP contribution is -2.25. The number of nitrogens with zero attached hydrogens (tertiary/aromatic N) is 1. The summed E-state index contributed by atoms with van der Waals surface area (Å²) in [6.07, 6.45) is 4.99. The van der Waals surface area contributed by atoms with E-state index in [0.29, 0.717) is 10.9 Å². The number of amides is 1. The highest BCUT2D eigenvalue weighted by Crippen LogP contribution is 2.09. The molecule has 84 valence electrons. The first kappa shape index (κ1) is 12.3. The van der Waals surface area contributed by atoms with E-state index in [4.69, 9.17) is 6.42 Å². The molecule has 0 unspecified atom stereocenters. The van der Waals surface area contributed by atoms with Crippen LogP contribution in [0, 0.1) is 19.3 Å². The maximum atomic E-state index is 11.2. The van der Waals surface area contributed by atoms with Crippen molar-refractivity contribution >= 4 is 17.7 Å². The third kappa shape index (κ3) is 4.19. The molecule has 0 saturated heterocycles. The number of carbonyl (C=O) groups excluding carboxylic acids is 1. The van der Waals surface area contributed by atoms with E-state index in [0.717, 1.165) is 11.8 Å². The van der Waals surface area contributed by atoms with Crippen molar-refractivity contribution in [3.63, 3.8) is 0 Å². The van der Waals surface area contributed by atoms with Crippen molar-refractivity contribution in [2.45, 2.75) is 12.1 Å². The number of aromatic amines is 1. The maximum Gasteiger partial charge on any atom is 0.251 e. The first-order valence-corrected chi connectivity index (χ1v) is 5.51. The van der Waals surface area contributed by atoms with Gasteiger partial charge in [0, 0.05) is 11.8 Å². The van der Waals surface area contributed by atoms with Gasteiger partial charge in [-0.05, 0) is 6.92 Å². The van der Waals surface area contributed by atoms with E-state index in [9.17, 15) is 9.59 Å². The van der Waals surface area contributed by atoms with Gasteiger partial charge in [-0.15, -0.1) is 6.42 Å². The molecule has 6 heteroatoms. The van der Waals surface area contributed by atoms with Gasteiger partial charge in [-0.25, -0.2) is 4.98 Å². The average molecular weight is 237 g/mol. The number of nitrogens with one attached hydrogen (secondary N) is 2. The second-order valence-electron chi connectivity index (χ2n) is 2.96. The molecule has 0 aliphatic carbocycles. The van der Waals surface area contributed by atoms with Crippen LogP contribution in [-0.2, 0) is 4.79 Å². The van der Waals surface area contributed by atoms with Crippen LogP contribution in [-0.4, -0.2) is 28.2 Å². The quantitative estimate of drug-likeness (QED) is 0.436. The summed E-state index contributed by atoms with van der Waals surface area (Å²) in [7, 11) is 0. The number of rotatable bonds is 4. The summed E-state index contributed by atoms with van der Waals surface area (Å²) in [5.74, 6) is 2.29. The minimum Gasteiger partial charge on any atom is -0.344 e. The van der Waals surface area contributed by atoms with Crippen LogP contribution in [0.5, 0.6) is 0 Å². The van der Waals surface area contributed by atoms with Gasteiger partial charge >= 0.3 is 0 Å². The molecule has 1 aromatic rings. The normalized spacial score (nSPS) is 9.50. The molecule has 0 atom stereocenters. The third-order valence-electron chi connectivity index (χ3n) is 1.58. The fourth-order valence-corrected chi connectivity index (χ4v) is 1.71. The molecule has 0 bridgehead atoms. The monoisotopic (exact) mass is 237 g/mol. The summed E-state index contributed by atoms with van der Waals surface area (Å²) in [4.78, 5) is 28.9. The highest BCUT2D eigenvalue weighted by molar-refractivity contribution is 7.99. The number of terminal acetylenes is 1. The van der Waals surface area contributed by atoms with Crippen molar-refractivity contribution in [3.05, 3.63) is 22.1 Å². The summed E-state index contributed by atoms with van der Waals surface area (Å²) >= 11 is 1.16. The van der Waals surface area contributed by atoms with Crippen LogP contribution in [0.2, 0.25) is 0 Å². The Morgan fingerprint density at radius 1 is 1.75 bits per heavy atom. The van der Waals surface area contributed by atoms with E-state index in [-0.39, 0.29) is 23.8 Å². The van der Waals surface area contributed by atoms with Crippen LogP contribution >= 0.6 is 11.8 Å². The Balaban J connectivity index is 2.52. The fraction of sp³-hybridized carbons (Fsp3) is 0.300. The lowest BCUT2D eigenvalue weighted by molar-refractivity contribution is -0.118. The van der Waals surface area contributed by atoms with Gasteiger partial charge in [-0.2, -0.15) is 0 Å². The number of thioether (sulfide) groups is 1. The molecular formula is C10H11N3O2S. The Labute approximate surface area is 97.1 Å². The molecular weight excluding hydrogens is 226 g/mol. The number of H-pyrrole nitrogens is 1. The van der Waals surface area contributed by atoms with Crippen LogP contribution in [0.25, 0.3) is 0 Å². The Bertz CT molecular complexity index is 476. The lowest BCUT2D eigenvalue weighted by Gasteiger charge is -2.01. The molecule has 0 aromatic carbocycles. The largest absolute Gasteiger partial charge is 0.344 e. The van der Waals surface area contributed by atoms with Gasteiger partial charge < -0.3 is 10.3 Å². The van der Waals surface area contributed by atoms with Crippen molar-refractivity contribution in [2.75, 3.05) is 12.3 Å². The zero-order valence-corrected chi connectivity index (χ0v) is 9.56. The van der Waals surface area contributed by atoms with E-state index in [1.165, 1.54) is 6.07 Å². The highest BCUT2D eigenvalue weighted by atomic mass is 32.2. The maximum absolute atomic E-state index is 11.2. The Kier molecular flexibility index (Phi) is 4.61. The standard InChI is InChI=1S/C10H11N3O2S/c1-3-4-11-9(15)6-16-10-12-7(2)5-8(14)13-10/h1,5H,4,6H2,2H3,(H,11,15)(H,12,13,14). The summed E-state index contributed by atoms with van der Waals surface area (Å²) in [6, 6.07) is 1.39. The van der Waals surface area contributed by atoms with Crippen LogP contribution in [0.1, 0.15) is 5.69 Å². The van der Waals surface area contributed by atoms with Crippen molar-refractivity contribution in [1.82, 2.24) is 15.3 Å². The number of hydrogen-bond acceptors (Lipinski definition) is 4. The van der Waals surface area contributed by atoms with Gasteiger partial charge in [0.2, 0.25) is 5.91 Å². The van der Waals surface area contributed by atoms with E-state index in [1.807, 2.05) is 0 Å². The molecule has 1 aromatic heterocycles. The minimum atomic E-state index is -0.223. The van der Waals surface area contributed by atoms with Crippen LogP contribution in [0.4, 0.5) is 0 Å². The predicted octanol–water partition coefficient (Wildman–Crippen LogP) is -0.0802. The zero-order chi connectivity index (χ0) is 12.0. The van der Waals surface area contributed by atoms with Crippen molar-refractivity contribution in [3.8, 4) is 12.3 Å². The van der Waals surface area contributed by atoms with Gasteiger partial charge in [0.1, 0.15) is 0 Å². The molecule has 1 amide bonds. The Hall–Kier alpha value is -1.74. The van der Waals surface area contributed by atoms with Crippen molar-refractivity contribution < 1.29 is 4.79 Å². The molecule has 16 heavy (non-hydrogen) atoms. The van der Waals surface area contributed by atoms with Gasteiger partial charge in [-0.3, -0.25) is 9.59 Å². The van der Waals surface area contributed by atoms with E-state index >= 15 is 0 Å². The summed E-state index contributed by atoms with van der Waals surface area (Å²) in [5.41, 5.74) is 0.398. The Morgan fingerprint density at radius 3 is 3.12 bits per heavy atom. The van der Waals surface area contributed by atoms with Gasteiger partial charge in [0.15, 0.2) is 5.16 Å². The topological polar surface area (TPSA) is 74.8 Å². The molecule has 5 nitrogen and oxygen atoms in total. The molecule has 0 radical (unpaired) electrons. The fourth-order valence-electron chi connectivity index (χ4n) is 0.955. The van der Waals surface area contributed by atoms with Gasteiger partial charge in [0.25, 0.3) is 5.56 Å². The van der Waals surface area contributed by atoms with Crippen LogP contribution in [0.15, 0.2) is 16.0 Å². The number of hydrogen-bond donors (Lipinski definition) is 2. The molecule has 0 fully saturated rings. The van der Waals surface area contributed by atoms with Crippen LogP contribution in [0.3, 0.4) is 0 Å². The summed E-state index contributed by atoms with van der Waals surface area (Å²) in [6.45, 7) is 1.93. The van der Waals surface area contributed by atoms with Gasteiger partial charge in [-0.1, -0.05) is 17.7 Å². The molecule has 0 saturated carbocycles.